The second-order valence-corrected chi connectivity index (χ2v) is 8.08. The topological polar surface area (TPSA) is 88.3 Å². The molecule has 1 fully saturated rings. The number of hydrogen-bond acceptors (Lipinski definition) is 5. The minimum Gasteiger partial charge on any atom is -0.329 e. The summed E-state index contributed by atoms with van der Waals surface area (Å²) in [5, 5.41) is 2.59. The SMILES string of the molecule is CC(C)(NS(=O)(=O)N1CCCCC1CN)c1nccs1. The first-order valence-electron chi connectivity index (χ1n) is 6.77. The van der Waals surface area contributed by atoms with Crippen molar-refractivity contribution >= 4 is 21.5 Å². The highest BCUT2D eigenvalue weighted by molar-refractivity contribution is 7.87. The summed E-state index contributed by atoms with van der Waals surface area (Å²) < 4.78 is 29.5. The van der Waals surface area contributed by atoms with Crippen LogP contribution >= 0.6 is 11.3 Å². The molecule has 1 aromatic heterocycles. The molecular weight excluding hydrogens is 296 g/mol. The Bertz CT molecular complexity index is 528. The van der Waals surface area contributed by atoms with Gasteiger partial charge in [0.25, 0.3) is 10.2 Å². The Morgan fingerprint density at radius 1 is 1.55 bits per heavy atom. The van der Waals surface area contributed by atoms with Gasteiger partial charge in [-0.15, -0.1) is 11.3 Å². The predicted molar refractivity (Wildman–Crippen MR) is 80.6 cm³/mol. The van der Waals surface area contributed by atoms with Gasteiger partial charge in [-0.05, 0) is 26.7 Å². The van der Waals surface area contributed by atoms with Gasteiger partial charge in [0.05, 0.1) is 5.54 Å². The Labute approximate surface area is 124 Å². The van der Waals surface area contributed by atoms with Gasteiger partial charge in [0.1, 0.15) is 5.01 Å². The van der Waals surface area contributed by atoms with Crippen molar-refractivity contribution in [2.24, 2.45) is 5.73 Å². The Hall–Kier alpha value is -0.540. The van der Waals surface area contributed by atoms with Crippen molar-refractivity contribution in [1.82, 2.24) is 14.0 Å². The van der Waals surface area contributed by atoms with Crippen molar-refractivity contribution in [2.45, 2.75) is 44.7 Å². The second-order valence-electron chi connectivity index (χ2n) is 5.57. The first-order valence-corrected chi connectivity index (χ1v) is 9.09. The fraction of sp³-hybridized carbons (Fsp3) is 0.750. The van der Waals surface area contributed by atoms with Crippen LogP contribution in [0.2, 0.25) is 0 Å². The molecule has 1 unspecified atom stereocenters. The van der Waals surface area contributed by atoms with Crippen LogP contribution in [0.15, 0.2) is 11.6 Å². The molecule has 1 aliphatic heterocycles. The lowest BCUT2D eigenvalue weighted by molar-refractivity contribution is 0.249. The quantitative estimate of drug-likeness (QED) is 0.848. The van der Waals surface area contributed by atoms with Gasteiger partial charge in [-0.2, -0.15) is 17.4 Å². The van der Waals surface area contributed by atoms with Gasteiger partial charge < -0.3 is 5.73 Å². The molecule has 1 aliphatic rings. The number of hydrogen-bond donors (Lipinski definition) is 2. The minimum atomic E-state index is -3.56. The summed E-state index contributed by atoms with van der Waals surface area (Å²) in [7, 11) is -3.56. The van der Waals surface area contributed by atoms with E-state index in [1.165, 1.54) is 15.6 Å². The second kappa shape index (κ2) is 6.07. The Balaban J connectivity index is 2.18. The van der Waals surface area contributed by atoms with Gasteiger partial charge in [-0.1, -0.05) is 6.42 Å². The first-order chi connectivity index (χ1) is 9.37. The van der Waals surface area contributed by atoms with Crippen LogP contribution in [0.3, 0.4) is 0 Å². The minimum absolute atomic E-state index is 0.103. The molecule has 0 saturated carbocycles. The zero-order valence-electron chi connectivity index (χ0n) is 11.9. The van der Waals surface area contributed by atoms with Crippen molar-refractivity contribution in [2.75, 3.05) is 13.1 Å². The van der Waals surface area contributed by atoms with Gasteiger partial charge in [0, 0.05) is 30.7 Å². The lowest BCUT2D eigenvalue weighted by Crippen LogP contribution is -2.55. The van der Waals surface area contributed by atoms with Crippen LogP contribution in [0, 0.1) is 0 Å². The fourth-order valence-electron chi connectivity index (χ4n) is 2.48. The van der Waals surface area contributed by atoms with Crippen LogP contribution in [-0.4, -0.2) is 36.8 Å². The number of nitrogens with one attached hydrogen (secondary N) is 1. The molecule has 8 heteroatoms. The highest BCUT2D eigenvalue weighted by Gasteiger charge is 2.36. The summed E-state index contributed by atoms with van der Waals surface area (Å²) in [5.74, 6) is 0. The fourth-order valence-corrected chi connectivity index (χ4v) is 5.08. The number of nitrogens with zero attached hydrogens (tertiary/aromatic N) is 2. The third-order valence-corrected chi connectivity index (χ3v) is 6.47. The van der Waals surface area contributed by atoms with E-state index in [0.717, 1.165) is 24.3 Å². The molecule has 114 valence electrons. The molecular formula is C12H22N4O2S2. The predicted octanol–water partition coefficient (Wildman–Crippen LogP) is 1.03. The first kappa shape index (κ1) is 15.8. The highest BCUT2D eigenvalue weighted by Crippen LogP contribution is 2.26. The molecule has 0 spiro atoms. The molecule has 0 aromatic carbocycles. The number of nitrogens with two attached hydrogens (primary N) is 1. The third-order valence-electron chi connectivity index (χ3n) is 3.51. The van der Waals surface area contributed by atoms with E-state index in [9.17, 15) is 8.42 Å². The molecule has 2 heterocycles. The number of thiazole rings is 1. The van der Waals surface area contributed by atoms with E-state index in [-0.39, 0.29) is 6.04 Å². The monoisotopic (exact) mass is 318 g/mol. The van der Waals surface area contributed by atoms with E-state index in [1.807, 2.05) is 19.2 Å². The van der Waals surface area contributed by atoms with Gasteiger partial charge >= 0.3 is 0 Å². The normalized spacial score (nSPS) is 22.1. The van der Waals surface area contributed by atoms with Crippen molar-refractivity contribution in [3.05, 3.63) is 16.6 Å². The lowest BCUT2D eigenvalue weighted by atomic mass is 10.1. The van der Waals surface area contributed by atoms with E-state index in [1.54, 1.807) is 6.20 Å². The average Bonchev–Trinajstić information content (AvgIpc) is 2.92. The molecule has 1 atom stereocenters. The third kappa shape index (κ3) is 3.37. The maximum Gasteiger partial charge on any atom is 0.280 e. The van der Waals surface area contributed by atoms with Crippen LogP contribution in [0.25, 0.3) is 0 Å². The highest BCUT2D eigenvalue weighted by atomic mass is 32.2. The van der Waals surface area contributed by atoms with E-state index in [0.29, 0.717) is 13.1 Å². The lowest BCUT2D eigenvalue weighted by Gasteiger charge is -2.36. The van der Waals surface area contributed by atoms with Crippen LogP contribution in [0.5, 0.6) is 0 Å². The Morgan fingerprint density at radius 3 is 2.90 bits per heavy atom. The van der Waals surface area contributed by atoms with Crippen LogP contribution in [-0.2, 0) is 15.7 Å². The summed E-state index contributed by atoms with van der Waals surface area (Å²) in [4.78, 5) is 4.20. The van der Waals surface area contributed by atoms with Crippen LogP contribution in [0.1, 0.15) is 38.1 Å². The molecule has 0 amide bonds. The van der Waals surface area contributed by atoms with Crippen molar-refractivity contribution in [1.29, 1.82) is 0 Å². The average molecular weight is 318 g/mol. The summed E-state index contributed by atoms with van der Waals surface area (Å²) >= 11 is 1.44. The van der Waals surface area contributed by atoms with Gasteiger partial charge in [-0.25, -0.2) is 4.98 Å². The standard InChI is InChI=1S/C12H22N4O2S2/c1-12(2,11-14-6-8-19-11)15-20(17,18)16-7-4-3-5-10(16)9-13/h6,8,10,15H,3-5,7,9,13H2,1-2H3. The molecule has 2 rings (SSSR count). The number of aromatic nitrogens is 1. The van der Waals surface area contributed by atoms with Gasteiger partial charge in [-0.3, -0.25) is 0 Å². The summed E-state index contributed by atoms with van der Waals surface area (Å²) in [6.45, 7) is 4.54. The molecule has 3 N–H and O–H groups in total. The van der Waals surface area contributed by atoms with Crippen LogP contribution in [0.4, 0.5) is 0 Å². The molecule has 0 bridgehead atoms. The largest absolute Gasteiger partial charge is 0.329 e. The summed E-state index contributed by atoms with van der Waals surface area (Å²) in [6, 6.07) is -0.103. The maximum absolute atomic E-state index is 12.6. The summed E-state index contributed by atoms with van der Waals surface area (Å²) in [5.41, 5.74) is 4.99. The van der Waals surface area contributed by atoms with Crippen LogP contribution < -0.4 is 10.5 Å². The summed E-state index contributed by atoms with van der Waals surface area (Å²) in [6.07, 6.45) is 4.42. The molecule has 1 aromatic rings. The van der Waals surface area contributed by atoms with Gasteiger partial charge in [0.15, 0.2) is 0 Å². The van der Waals surface area contributed by atoms with E-state index < -0.39 is 15.7 Å². The molecule has 20 heavy (non-hydrogen) atoms. The zero-order valence-corrected chi connectivity index (χ0v) is 13.5. The van der Waals surface area contributed by atoms with E-state index in [2.05, 4.69) is 9.71 Å². The molecule has 0 radical (unpaired) electrons. The maximum atomic E-state index is 12.6. The van der Waals surface area contributed by atoms with Crippen molar-refractivity contribution < 1.29 is 8.42 Å². The Morgan fingerprint density at radius 2 is 2.30 bits per heavy atom. The smallest absolute Gasteiger partial charge is 0.280 e. The number of piperidine rings is 1. The van der Waals surface area contributed by atoms with Crippen molar-refractivity contribution in [3.63, 3.8) is 0 Å². The Kier molecular flexibility index (Phi) is 4.80. The van der Waals surface area contributed by atoms with E-state index >= 15 is 0 Å². The van der Waals surface area contributed by atoms with E-state index in [4.69, 9.17) is 5.73 Å². The van der Waals surface area contributed by atoms with Gasteiger partial charge in [0.2, 0.25) is 0 Å². The zero-order chi connectivity index (χ0) is 14.8. The van der Waals surface area contributed by atoms with Crippen molar-refractivity contribution in [3.8, 4) is 0 Å². The molecule has 0 aliphatic carbocycles. The molecule has 6 nitrogen and oxygen atoms in total. The number of rotatable bonds is 5. The molecule has 1 saturated heterocycles.